The molecule has 1 aromatic carbocycles. The van der Waals surface area contributed by atoms with Crippen LogP contribution in [0.2, 0.25) is 0 Å². The average Bonchev–Trinajstić information content (AvgIpc) is 2.92. The fraction of sp³-hybridized carbons (Fsp3) is 0.667. The number of carbonyl (C=O) groups is 1. The summed E-state index contributed by atoms with van der Waals surface area (Å²) in [5.74, 6) is -0.470. The lowest BCUT2D eigenvalue weighted by molar-refractivity contribution is -0.557. The molecule has 5 aliphatic heterocycles. The molecular weight excluding hydrogens is 362 g/mol. The Labute approximate surface area is 164 Å². The standard InChI is InChI=1S/C21H27NO6/c1-13-16-9-11-22(12-14-4-6-15(24-3)7-5-14)17-8-10-20(2)26-19(25-18(13)23)21(16,17)28-27-20/h4-7,13,16-17,19H,8-12H2,1-3H3/t13-,16+,17-,19-,20+,21+/m1/s1. The summed E-state index contributed by atoms with van der Waals surface area (Å²) in [4.78, 5) is 26.7. The SMILES string of the molecule is COc1ccc(CN2CC[C@H]3[C@@H](C)C(=O)O[C@@H]4O[C@]5(C)CC[C@@H]2[C@]43OO5)cc1. The van der Waals surface area contributed by atoms with Gasteiger partial charge in [-0.3, -0.25) is 9.69 Å². The van der Waals surface area contributed by atoms with Crippen LogP contribution in [0, 0.1) is 11.8 Å². The van der Waals surface area contributed by atoms with Gasteiger partial charge in [-0.2, -0.15) is 0 Å². The molecule has 1 aromatic rings. The molecule has 152 valence electrons. The van der Waals surface area contributed by atoms with E-state index in [9.17, 15) is 4.79 Å². The third-order valence-corrected chi connectivity index (χ3v) is 6.97. The first-order valence-corrected chi connectivity index (χ1v) is 10.1. The van der Waals surface area contributed by atoms with Crippen LogP contribution in [0.3, 0.4) is 0 Å². The zero-order valence-electron chi connectivity index (χ0n) is 16.6. The van der Waals surface area contributed by atoms with Crippen LogP contribution >= 0.6 is 0 Å². The highest BCUT2D eigenvalue weighted by atomic mass is 17.3. The van der Waals surface area contributed by atoms with Crippen molar-refractivity contribution in [3.63, 3.8) is 0 Å². The number of esters is 1. The fourth-order valence-corrected chi connectivity index (χ4v) is 5.40. The summed E-state index contributed by atoms with van der Waals surface area (Å²) in [6, 6.07) is 8.20. The van der Waals surface area contributed by atoms with E-state index in [2.05, 4.69) is 17.0 Å². The number of hydrogen-bond donors (Lipinski definition) is 0. The zero-order chi connectivity index (χ0) is 19.5. The summed E-state index contributed by atoms with van der Waals surface area (Å²) in [5, 5.41) is 0. The van der Waals surface area contributed by atoms with Crippen molar-refractivity contribution in [3.05, 3.63) is 29.8 Å². The first-order chi connectivity index (χ1) is 13.4. The lowest BCUT2D eigenvalue weighted by Gasteiger charge is -2.58. The van der Waals surface area contributed by atoms with Gasteiger partial charge in [-0.1, -0.05) is 19.1 Å². The lowest BCUT2D eigenvalue weighted by atomic mass is 9.67. The Morgan fingerprint density at radius 2 is 2.00 bits per heavy atom. The summed E-state index contributed by atoms with van der Waals surface area (Å²) in [7, 11) is 1.67. The molecular formula is C21H27NO6. The summed E-state index contributed by atoms with van der Waals surface area (Å²) in [5.41, 5.74) is 0.425. The zero-order valence-corrected chi connectivity index (χ0v) is 16.6. The molecule has 28 heavy (non-hydrogen) atoms. The predicted molar refractivity (Wildman–Crippen MR) is 98.0 cm³/mol. The largest absolute Gasteiger partial charge is 0.497 e. The highest BCUT2D eigenvalue weighted by molar-refractivity contribution is 5.74. The van der Waals surface area contributed by atoms with Gasteiger partial charge < -0.3 is 14.2 Å². The number of hydrogen-bond acceptors (Lipinski definition) is 7. The molecule has 0 N–H and O–H groups in total. The van der Waals surface area contributed by atoms with Gasteiger partial charge >= 0.3 is 5.97 Å². The Bertz CT molecular complexity index is 769. The van der Waals surface area contributed by atoms with Crippen molar-refractivity contribution in [2.75, 3.05) is 13.7 Å². The smallest absolute Gasteiger partial charge is 0.311 e. The van der Waals surface area contributed by atoms with Crippen LogP contribution in [0.25, 0.3) is 0 Å². The number of benzene rings is 1. The summed E-state index contributed by atoms with van der Waals surface area (Å²) >= 11 is 0. The molecule has 5 aliphatic rings. The first kappa shape index (κ1) is 18.4. The van der Waals surface area contributed by atoms with E-state index in [1.807, 2.05) is 26.0 Å². The minimum atomic E-state index is -0.884. The van der Waals surface area contributed by atoms with Gasteiger partial charge in [0.05, 0.1) is 13.0 Å². The molecule has 0 aromatic heterocycles. The van der Waals surface area contributed by atoms with E-state index in [4.69, 9.17) is 24.0 Å². The second kappa shape index (κ2) is 6.42. The molecule has 7 heteroatoms. The molecule has 5 heterocycles. The molecule has 2 bridgehead atoms. The van der Waals surface area contributed by atoms with Crippen LogP contribution in [-0.4, -0.2) is 48.2 Å². The van der Waals surface area contributed by atoms with E-state index in [1.54, 1.807) is 7.11 Å². The van der Waals surface area contributed by atoms with Gasteiger partial charge in [0.15, 0.2) is 5.60 Å². The van der Waals surface area contributed by atoms with Gasteiger partial charge in [0.2, 0.25) is 12.1 Å². The molecule has 0 aliphatic carbocycles. The monoisotopic (exact) mass is 389 g/mol. The number of methoxy groups -OCH3 is 1. The fourth-order valence-electron chi connectivity index (χ4n) is 5.40. The molecule has 6 rings (SSSR count). The summed E-state index contributed by atoms with van der Waals surface area (Å²) in [6.07, 6.45) is 1.66. The maximum Gasteiger partial charge on any atom is 0.311 e. The van der Waals surface area contributed by atoms with Crippen LogP contribution in [-0.2, 0) is 30.6 Å². The van der Waals surface area contributed by atoms with Crippen molar-refractivity contribution in [1.82, 2.24) is 4.90 Å². The number of carbonyl (C=O) groups excluding carboxylic acids is 1. The van der Waals surface area contributed by atoms with Crippen LogP contribution in [0.1, 0.15) is 38.7 Å². The molecule has 1 spiro atoms. The lowest BCUT2D eigenvalue weighted by Crippen LogP contribution is -2.74. The minimum Gasteiger partial charge on any atom is -0.497 e. The van der Waals surface area contributed by atoms with Crippen LogP contribution in [0.4, 0.5) is 0 Å². The Kier molecular flexibility index (Phi) is 4.21. The Morgan fingerprint density at radius 1 is 1.21 bits per heavy atom. The third kappa shape index (κ3) is 2.60. The molecule has 0 unspecified atom stereocenters. The van der Waals surface area contributed by atoms with Gasteiger partial charge in [0.1, 0.15) is 5.75 Å². The second-order valence-corrected chi connectivity index (χ2v) is 8.60. The van der Waals surface area contributed by atoms with E-state index in [0.29, 0.717) is 6.42 Å². The van der Waals surface area contributed by atoms with E-state index < -0.39 is 17.7 Å². The van der Waals surface area contributed by atoms with Crippen molar-refractivity contribution >= 4 is 5.97 Å². The predicted octanol–water partition coefficient (Wildman–Crippen LogP) is 2.63. The van der Waals surface area contributed by atoms with Crippen molar-refractivity contribution in [3.8, 4) is 5.75 Å². The minimum absolute atomic E-state index is 0.0125. The van der Waals surface area contributed by atoms with Crippen LogP contribution in [0.5, 0.6) is 5.75 Å². The average molecular weight is 389 g/mol. The number of nitrogens with zero attached hydrogens (tertiary/aromatic N) is 1. The highest BCUT2D eigenvalue weighted by Crippen LogP contribution is 2.55. The Balaban J connectivity index is 1.49. The molecule has 0 saturated carbocycles. The van der Waals surface area contributed by atoms with E-state index in [1.165, 1.54) is 5.56 Å². The maximum atomic E-state index is 12.4. The van der Waals surface area contributed by atoms with Gasteiger partial charge in [-0.05, 0) is 44.0 Å². The third-order valence-electron chi connectivity index (χ3n) is 6.97. The molecule has 0 amide bonds. The van der Waals surface area contributed by atoms with Gasteiger partial charge in [0, 0.05) is 24.9 Å². The number of piperidine rings is 1. The number of ether oxygens (including phenoxy) is 3. The second-order valence-electron chi connectivity index (χ2n) is 8.60. The first-order valence-electron chi connectivity index (χ1n) is 10.1. The number of rotatable bonds is 3. The summed E-state index contributed by atoms with van der Waals surface area (Å²) < 4.78 is 17.1. The quantitative estimate of drug-likeness (QED) is 0.582. The van der Waals surface area contributed by atoms with Gasteiger partial charge in [-0.15, -0.1) is 0 Å². The van der Waals surface area contributed by atoms with E-state index >= 15 is 0 Å². The molecule has 0 radical (unpaired) electrons. The van der Waals surface area contributed by atoms with Crippen molar-refractivity contribution in [2.45, 2.75) is 63.4 Å². The molecule has 7 nitrogen and oxygen atoms in total. The van der Waals surface area contributed by atoms with Crippen molar-refractivity contribution in [1.29, 1.82) is 0 Å². The Hall–Kier alpha value is -1.67. The van der Waals surface area contributed by atoms with Gasteiger partial charge in [-0.25, -0.2) is 9.78 Å². The number of fused-ring (bicyclic) bond motifs is 2. The molecule has 5 saturated heterocycles. The molecule has 5 fully saturated rings. The van der Waals surface area contributed by atoms with Gasteiger partial charge in [0.25, 0.3) is 0 Å². The topological polar surface area (TPSA) is 66.5 Å². The molecule has 6 atom stereocenters. The van der Waals surface area contributed by atoms with Crippen LogP contribution in [0.15, 0.2) is 24.3 Å². The van der Waals surface area contributed by atoms with E-state index in [-0.39, 0.29) is 23.8 Å². The van der Waals surface area contributed by atoms with Crippen molar-refractivity contribution in [2.24, 2.45) is 11.8 Å². The van der Waals surface area contributed by atoms with Crippen molar-refractivity contribution < 1.29 is 28.8 Å². The Morgan fingerprint density at radius 3 is 2.75 bits per heavy atom. The number of likely N-dealkylation sites (tertiary alicyclic amines) is 1. The normalized spacial score (nSPS) is 42.5. The highest BCUT2D eigenvalue weighted by Gasteiger charge is 2.70. The summed E-state index contributed by atoms with van der Waals surface area (Å²) in [6.45, 7) is 5.47. The van der Waals surface area contributed by atoms with E-state index in [0.717, 1.165) is 31.7 Å². The maximum absolute atomic E-state index is 12.4. The van der Waals surface area contributed by atoms with Crippen LogP contribution < -0.4 is 4.74 Å².